The Morgan fingerprint density at radius 1 is 1.16 bits per heavy atom. The molecular weight excluding hydrogens is 242 g/mol. The molecule has 4 heteroatoms. The molecule has 0 saturated carbocycles. The number of hydrogen-bond donors (Lipinski definition) is 3. The van der Waals surface area contributed by atoms with Crippen LogP contribution in [0.2, 0.25) is 0 Å². The average molecular weight is 269 g/mol. The van der Waals surface area contributed by atoms with Crippen molar-refractivity contribution in [3.8, 4) is 0 Å². The van der Waals surface area contributed by atoms with Crippen LogP contribution in [0.4, 0.5) is 0 Å². The molecule has 3 N–H and O–H groups in total. The monoisotopic (exact) mass is 269 g/mol. The van der Waals surface area contributed by atoms with E-state index in [9.17, 15) is 9.90 Å². The van der Waals surface area contributed by atoms with Gasteiger partial charge in [0, 0.05) is 6.42 Å². The van der Waals surface area contributed by atoms with Crippen LogP contribution >= 0.6 is 0 Å². The molecule has 0 aromatic heterocycles. The molecule has 2 unspecified atom stereocenters. The van der Waals surface area contributed by atoms with Crippen LogP contribution in [0.1, 0.15) is 46.0 Å². The molecule has 0 aliphatic rings. The molecule has 110 valence electrons. The van der Waals surface area contributed by atoms with Gasteiger partial charge in [-0.3, -0.25) is 4.79 Å². The topological polar surface area (TPSA) is 69.6 Å². The Balaban J connectivity index is 3.97. The van der Waals surface area contributed by atoms with Gasteiger partial charge in [0.2, 0.25) is 5.91 Å². The number of carbonyl (C=O) groups excluding carboxylic acids is 1. The van der Waals surface area contributed by atoms with Crippen molar-refractivity contribution < 1.29 is 15.0 Å². The molecule has 0 saturated heterocycles. The molecule has 0 aliphatic carbocycles. The maximum Gasteiger partial charge on any atom is 0.220 e. The highest BCUT2D eigenvalue weighted by atomic mass is 16.3. The van der Waals surface area contributed by atoms with Gasteiger partial charge in [-0.05, 0) is 19.3 Å². The first-order chi connectivity index (χ1) is 9.15. The van der Waals surface area contributed by atoms with Crippen molar-refractivity contribution in [3.63, 3.8) is 0 Å². The summed E-state index contributed by atoms with van der Waals surface area (Å²) in [5.41, 5.74) is 0. The van der Waals surface area contributed by atoms with E-state index in [1.165, 1.54) is 0 Å². The third kappa shape index (κ3) is 9.45. The molecule has 1 amide bonds. The van der Waals surface area contributed by atoms with E-state index in [0.29, 0.717) is 6.42 Å². The van der Waals surface area contributed by atoms with Crippen LogP contribution in [-0.2, 0) is 4.79 Å². The van der Waals surface area contributed by atoms with Gasteiger partial charge in [-0.25, -0.2) is 0 Å². The summed E-state index contributed by atoms with van der Waals surface area (Å²) >= 11 is 0. The van der Waals surface area contributed by atoms with E-state index in [0.717, 1.165) is 25.7 Å². The molecule has 4 nitrogen and oxygen atoms in total. The van der Waals surface area contributed by atoms with Gasteiger partial charge in [0.1, 0.15) is 0 Å². The Hall–Kier alpha value is -1.13. The van der Waals surface area contributed by atoms with Crippen molar-refractivity contribution in [1.82, 2.24) is 5.32 Å². The minimum Gasteiger partial charge on any atom is -0.394 e. The Kier molecular flexibility index (Phi) is 11.2. The third-order valence-electron chi connectivity index (χ3n) is 2.73. The largest absolute Gasteiger partial charge is 0.394 e. The Bertz CT molecular complexity index is 287. The molecule has 0 aromatic carbocycles. The first-order valence-electron chi connectivity index (χ1n) is 7.05. The number of allylic oxidation sites excluding steroid dienone is 3. The second-order valence-corrected chi connectivity index (χ2v) is 4.47. The van der Waals surface area contributed by atoms with E-state index < -0.39 is 12.1 Å². The van der Waals surface area contributed by atoms with Crippen LogP contribution in [-0.4, -0.2) is 34.9 Å². The number of nitrogens with one attached hydrogen (secondary N) is 1. The van der Waals surface area contributed by atoms with Crippen LogP contribution in [0.3, 0.4) is 0 Å². The minimum absolute atomic E-state index is 0.172. The van der Waals surface area contributed by atoms with Gasteiger partial charge in [0.15, 0.2) is 0 Å². The number of rotatable bonds is 10. The lowest BCUT2D eigenvalue weighted by Gasteiger charge is -2.19. The number of carbonyl (C=O) groups is 1. The van der Waals surface area contributed by atoms with Crippen molar-refractivity contribution in [2.45, 2.75) is 58.1 Å². The summed E-state index contributed by atoms with van der Waals surface area (Å²) in [4.78, 5) is 11.2. The number of amides is 1. The van der Waals surface area contributed by atoms with E-state index in [1.54, 1.807) is 13.0 Å². The van der Waals surface area contributed by atoms with Crippen LogP contribution in [0.5, 0.6) is 0 Å². The van der Waals surface area contributed by atoms with Crippen LogP contribution < -0.4 is 5.32 Å². The maximum atomic E-state index is 11.2. The lowest BCUT2D eigenvalue weighted by Crippen LogP contribution is -2.44. The molecule has 0 bridgehead atoms. The average Bonchev–Trinajstić information content (AvgIpc) is 2.43. The summed E-state index contributed by atoms with van der Waals surface area (Å²) < 4.78 is 0. The van der Waals surface area contributed by atoms with E-state index in [2.05, 4.69) is 24.4 Å². The summed E-state index contributed by atoms with van der Waals surface area (Å²) in [7, 11) is 0. The summed E-state index contributed by atoms with van der Waals surface area (Å²) in [6, 6.07) is -0.626. The SMILES string of the molecule is CCC/C=C/CC/C=C/C(O)C(CO)NC(=O)CC. The van der Waals surface area contributed by atoms with Crippen molar-refractivity contribution in [2.75, 3.05) is 6.61 Å². The summed E-state index contributed by atoms with van der Waals surface area (Å²) in [5.74, 6) is -0.172. The molecule has 2 atom stereocenters. The second-order valence-electron chi connectivity index (χ2n) is 4.47. The molecule has 0 rings (SSSR count). The maximum absolute atomic E-state index is 11.2. The first kappa shape index (κ1) is 17.9. The van der Waals surface area contributed by atoms with Gasteiger partial charge in [0.25, 0.3) is 0 Å². The molecule has 0 heterocycles. The molecule has 19 heavy (non-hydrogen) atoms. The van der Waals surface area contributed by atoms with E-state index in [1.807, 2.05) is 6.08 Å². The summed E-state index contributed by atoms with van der Waals surface area (Å²) in [5, 5.41) is 21.5. The number of aliphatic hydroxyl groups excluding tert-OH is 2. The van der Waals surface area contributed by atoms with Crippen LogP contribution in [0.25, 0.3) is 0 Å². The van der Waals surface area contributed by atoms with Gasteiger partial charge < -0.3 is 15.5 Å². The van der Waals surface area contributed by atoms with Gasteiger partial charge in [0.05, 0.1) is 18.8 Å². The standard InChI is InChI=1S/C15H27NO3/c1-3-5-6-7-8-9-10-11-14(18)13(12-17)16-15(19)4-2/h6-7,10-11,13-14,17-18H,3-5,8-9,12H2,1-2H3,(H,16,19)/b7-6+,11-10+. The number of hydrogen-bond acceptors (Lipinski definition) is 3. The predicted molar refractivity (Wildman–Crippen MR) is 77.7 cm³/mol. The quantitative estimate of drug-likeness (QED) is 0.419. The Labute approximate surface area is 116 Å². The van der Waals surface area contributed by atoms with E-state index in [-0.39, 0.29) is 12.5 Å². The van der Waals surface area contributed by atoms with Gasteiger partial charge in [-0.2, -0.15) is 0 Å². The Morgan fingerprint density at radius 2 is 1.79 bits per heavy atom. The summed E-state index contributed by atoms with van der Waals surface area (Å²) in [6.07, 6.45) is 11.3. The molecule has 0 aromatic rings. The fourth-order valence-electron chi connectivity index (χ4n) is 1.51. The first-order valence-corrected chi connectivity index (χ1v) is 7.05. The molecule has 0 fully saturated rings. The highest BCUT2D eigenvalue weighted by Gasteiger charge is 2.16. The summed E-state index contributed by atoms with van der Waals surface area (Å²) in [6.45, 7) is 3.60. The zero-order chi connectivity index (χ0) is 14.5. The lowest BCUT2D eigenvalue weighted by atomic mass is 10.1. The second kappa shape index (κ2) is 11.9. The third-order valence-corrected chi connectivity index (χ3v) is 2.73. The fraction of sp³-hybridized carbons (Fsp3) is 0.667. The highest BCUT2D eigenvalue weighted by Crippen LogP contribution is 2.00. The normalized spacial score (nSPS) is 14.9. The number of aliphatic hydroxyl groups is 2. The molecule has 0 spiro atoms. The zero-order valence-electron chi connectivity index (χ0n) is 12.0. The molecule has 0 aliphatic heterocycles. The minimum atomic E-state index is -0.847. The number of unbranched alkanes of at least 4 members (excludes halogenated alkanes) is 2. The van der Waals surface area contributed by atoms with E-state index in [4.69, 9.17) is 5.11 Å². The van der Waals surface area contributed by atoms with Crippen LogP contribution in [0.15, 0.2) is 24.3 Å². The van der Waals surface area contributed by atoms with E-state index >= 15 is 0 Å². The highest BCUT2D eigenvalue weighted by molar-refractivity contribution is 5.75. The van der Waals surface area contributed by atoms with Crippen molar-refractivity contribution in [1.29, 1.82) is 0 Å². The molecule has 0 radical (unpaired) electrons. The lowest BCUT2D eigenvalue weighted by molar-refractivity contribution is -0.122. The van der Waals surface area contributed by atoms with Gasteiger partial charge in [-0.15, -0.1) is 0 Å². The van der Waals surface area contributed by atoms with Gasteiger partial charge >= 0.3 is 0 Å². The van der Waals surface area contributed by atoms with Gasteiger partial charge in [-0.1, -0.05) is 44.6 Å². The van der Waals surface area contributed by atoms with Crippen molar-refractivity contribution in [3.05, 3.63) is 24.3 Å². The zero-order valence-corrected chi connectivity index (χ0v) is 12.0. The predicted octanol–water partition coefficient (Wildman–Crippen LogP) is 1.93. The van der Waals surface area contributed by atoms with Crippen LogP contribution in [0, 0.1) is 0 Å². The van der Waals surface area contributed by atoms with Crippen molar-refractivity contribution in [2.24, 2.45) is 0 Å². The molecular formula is C15H27NO3. The van der Waals surface area contributed by atoms with Crippen molar-refractivity contribution >= 4 is 5.91 Å². The fourth-order valence-corrected chi connectivity index (χ4v) is 1.51. The smallest absolute Gasteiger partial charge is 0.220 e. The Morgan fingerprint density at radius 3 is 2.37 bits per heavy atom.